The molecule has 0 aliphatic heterocycles. The van der Waals surface area contributed by atoms with Crippen LogP contribution in [0.3, 0.4) is 0 Å². The second-order valence-electron chi connectivity index (χ2n) is 9.25. The summed E-state index contributed by atoms with van der Waals surface area (Å²) in [4.78, 5) is 0. The Morgan fingerprint density at radius 3 is 2.25 bits per heavy atom. The van der Waals surface area contributed by atoms with Gasteiger partial charge >= 0.3 is 0 Å². The minimum Gasteiger partial charge on any atom is -0.390 e. The lowest BCUT2D eigenvalue weighted by Crippen LogP contribution is -2.45. The molecule has 5 atom stereocenters. The normalized spacial score (nSPS) is 49.5. The summed E-state index contributed by atoms with van der Waals surface area (Å²) in [5, 5.41) is 10.3. The molecule has 3 fully saturated rings. The van der Waals surface area contributed by atoms with E-state index < -0.39 is 0 Å². The van der Waals surface area contributed by atoms with Gasteiger partial charge in [-0.25, -0.2) is 0 Å². The second kappa shape index (κ2) is 4.46. The highest BCUT2D eigenvalue weighted by Crippen LogP contribution is 2.66. The van der Waals surface area contributed by atoms with Crippen molar-refractivity contribution in [3.05, 3.63) is 0 Å². The van der Waals surface area contributed by atoms with Crippen LogP contribution in [0, 0.1) is 22.2 Å². The number of hydrogen-bond donors (Lipinski definition) is 1. The molecule has 0 aromatic heterocycles. The number of aliphatic hydroxyl groups is 1. The first-order valence-corrected chi connectivity index (χ1v) is 8.49. The van der Waals surface area contributed by atoms with Crippen LogP contribution in [0.4, 0.5) is 0 Å². The maximum atomic E-state index is 10.3. The van der Waals surface area contributed by atoms with Crippen LogP contribution in [0.15, 0.2) is 0 Å². The van der Waals surface area contributed by atoms with Crippen molar-refractivity contribution in [1.82, 2.24) is 0 Å². The molecule has 3 rings (SSSR count). The number of hydrogen-bond acceptors (Lipinski definition) is 2. The van der Waals surface area contributed by atoms with Crippen molar-refractivity contribution in [3.63, 3.8) is 0 Å². The van der Waals surface area contributed by atoms with Crippen molar-refractivity contribution in [2.75, 3.05) is 0 Å². The second-order valence-corrected chi connectivity index (χ2v) is 9.25. The van der Waals surface area contributed by atoms with Crippen LogP contribution in [0.2, 0.25) is 0 Å². The molecule has 20 heavy (non-hydrogen) atoms. The van der Waals surface area contributed by atoms with E-state index in [4.69, 9.17) is 4.74 Å². The first kappa shape index (κ1) is 14.8. The minimum absolute atomic E-state index is 0.0516. The molecule has 5 unspecified atom stereocenters. The van der Waals surface area contributed by atoms with Crippen LogP contribution < -0.4 is 0 Å². The number of fused-ring (bicyclic) bond motifs is 2. The van der Waals surface area contributed by atoms with Gasteiger partial charge in [0.05, 0.1) is 18.3 Å². The van der Waals surface area contributed by atoms with Gasteiger partial charge in [0, 0.05) is 0 Å². The molecule has 1 N–H and O–H groups in total. The van der Waals surface area contributed by atoms with Crippen LogP contribution >= 0.6 is 0 Å². The summed E-state index contributed by atoms with van der Waals surface area (Å²) in [7, 11) is 0. The predicted molar refractivity (Wildman–Crippen MR) is 81.5 cm³/mol. The molecule has 2 nitrogen and oxygen atoms in total. The molecule has 0 radical (unpaired) electrons. The Kier molecular flexibility index (Phi) is 3.31. The Morgan fingerprint density at radius 1 is 1.00 bits per heavy atom. The molecule has 2 bridgehead atoms. The summed E-state index contributed by atoms with van der Waals surface area (Å²) in [6, 6.07) is 0. The Morgan fingerprint density at radius 2 is 1.70 bits per heavy atom. The lowest BCUT2D eigenvalue weighted by atomic mass is 9.69. The van der Waals surface area contributed by atoms with Crippen molar-refractivity contribution in [2.45, 2.75) is 91.5 Å². The summed E-state index contributed by atoms with van der Waals surface area (Å²) in [5.74, 6) is 0.811. The smallest absolute Gasteiger partial charge is 0.0843 e. The maximum absolute atomic E-state index is 10.3. The molecule has 0 saturated heterocycles. The Balaban J connectivity index is 1.73. The van der Waals surface area contributed by atoms with E-state index in [1.807, 2.05) is 0 Å². The van der Waals surface area contributed by atoms with Crippen molar-refractivity contribution >= 4 is 0 Å². The van der Waals surface area contributed by atoms with Gasteiger partial charge in [-0.1, -0.05) is 34.6 Å². The quantitative estimate of drug-likeness (QED) is 0.823. The summed E-state index contributed by atoms with van der Waals surface area (Å²) < 4.78 is 6.52. The van der Waals surface area contributed by atoms with E-state index in [0.717, 1.165) is 25.2 Å². The zero-order valence-electron chi connectivity index (χ0n) is 13.9. The molecule has 0 spiro atoms. The molecule has 116 valence electrons. The average molecular weight is 280 g/mol. The monoisotopic (exact) mass is 280 g/mol. The van der Waals surface area contributed by atoms with E-state index in [9.17, 15) is 5.11 Å². The third kappa shape index (κ3) is 2.06. The van der Waals surface area contributed by atoms with Crippen molar-refractivity contribution in [1.29, 1.82) is 0 Å². The SMILES string of the molecule is CC1(C)CCC(O)C(OC2CC3CCC2(C)C3(C)C)C1. The van der Waals surface area contributed by atoms with Crippen LogP contribution in [0.5, 0.6) is 0 Å². The number of rotatable bonds is 2. The molecule has 2 heteroatoms. The summed E-state index contributed by atoms with van der Waals surface area (Å²) >= 11 is 0. The van der Waals surface area contributed by atoms with Gasteiger partial charge in [0.25, 0.3) is 0 Å². The predicted octanol–water partition coefficient (Wildman–Crippen LogP) is 4.16. The zero-order chi connectivity index (χ0) is 14.8. The van der Waals surface area contributed by atoms with Crippen LogP contribution in [0.25, 0.3) is 0 Å². The van der Waals surface area contributed by atoms with Crippen molar-refractivity contribution < 1.29 is 9.84 Å². The number of aliphatic hydroxyl groups excluding tert-OH is 1. The van der Waals surface area contributed by atoms with Gasteiger partial charge in [-0.15, -0.1) is 0 Å². The fraction of sp³-hybridized carbons (Fsp3) is 1.00. The number of ether oxygens (including phenoxy) is 1. The van der Waals surface area contributed by atoms with E-state index in [0.29, 0.717) is 22.3 Å². The van der Waals surface area contributed by atoms with Crippen LogP contribution in [-0.2, 0) is 4.74 Å². The summed E-state index contributed by atoms with van der Waals surface area (Å²) in [6.07, 6.45) is 7.02. The van der Waals surface area contributed by atoms with E-state index in [-0.39, 0.29) is 12.2 Å². The van der Waals surface area contributed by atoms with Crippen molar-refractivity contribution in [2.24, 2.45) is 22.2 Å². The van der Waals surface area contributed by atoms with Gasteiger partial charge in [0.2, 0.25) is 0 Å². The molecular weight excluding hydrogens is 248 g/mol. The van der Waals surface area contributed by atoms with Gasteiger partial charge in [-0.2, -0.15) is 0 Å². The van der Waals surface area contributed by atoms with Gasteiger partial charge in [0.15, 0.2) is 0 Å². The first-order valence-electron chi connectivity index (χ1n) is 8.49. The average Bonchev–Trinajstić information content (AvgIpc) is 2.67. The van der Waals surface area contributed by atoms with Crippen molar-refractivity contribution in [3.8, 4) is 0 Å². The highest BCUT2D eigenvalue weighted by atomic mass is 16.5. The Labute approximate surface area is 124 Å². The van der Waals surface area contributed by atoms with Gasteiger partial charge in [-0.05, 0) is 60.7 Å². The summed E-state index contributed by atoms with van der Waals surface area (Å²) in [6.45, 7) is 11.9. The van der Waals surface area contributed by atoms with E-state index in [1.165, 1.54) is 19.3 Å². The molecule has 3 saturated carbocycles. The van der Waals surface area contributed by atoms with Crippen LogP contribution in [-0.4, -0.2) is 23.4 Å². The van der Waals surface area contributed by atoms with Gasteiger partial charge in [0.1, 0.15) is 0 Å². The van der Waals surface area contributed by atoms with E-state index >= 15 is 0 Å². The Bertz CT molecular complexity index is 387. The lowest BCUT2D eigenvalue weighted by Gasteiger charge is -2.44. The first-order chi connectivity index (χ1) is 9.16. The minimum atomic E-state index is -0.256. The maximum Gasteiger partial charge on any atom is 0.0843 e. The molecule has 0 amide bonds. The third-order valence-electron chi connectivity index (χ3n) is 7.35. The molecular formula is C18H32O2. The third-order valence-corrected chi connectivity index (χ3v) is 7.35. The zero-order valence-corrected chi connectivity index (χ0v) is 13.9. The highest BCUT2D eigenvalue weighted by molar-refractivity contribution is 5.11. The fourth-order valence-electron chi connectivity index (χ4n) is 5.19. The molecule has 0 aromatic rings. The molecule has 0 heterocycles. The lowest BCUT2D eigenvalue weighted by molar-refractivity contribution is -0.150. The highest BCUT2D eigenvalue weighted by Gasteiger charge is 2.62. The largest absolute Gasteiger partial charge is 0.390 e. The van der Waals surface area contributed by atoms with Crippen LogP contribution in [0.1, 0.15) is 73.1 Å². The topological polar surface area (TPSA) is 29.5 Å². The van der Waals surface area contributed by atoms with Gasteiger partial charge < -0.3 is 9.84 Å². The standard InChI is InChI=1S/C18H32O2/c1-16(2)8-7-13(19)14(11-16)20-15-10-12-6-9-18(15,5)17(12,3)4/h12-15,19H,6-11H2,1-5H3. The Hall–Kier alpha value is -0.0800. The molecule has 3 aliphatic carbocycles. The van der Waals surface area contributed by atoms with Gasteiger partial charge in [-0.3, -0.25) is 0 Å². The van der Waals surface area contributed by atoms with E-state index in [2.05, 4.69) is 34.6 Å². The summed E-state index contributed by atoms with van der Waals surface area (Å²) in [5.41, 5.74) is 1.02. The fourth-order valence-corrected chi connectivity index (χ4v) is 5.19. The van der Waals surface area contributed by atoms with E-state index in [1.54, 1.807) is 0 Å². The molecule has 3 aliphatic rings. The molecule has 0 aromatic carbocycles.